The Morgan fingerprint density at radius 3 is 1.47 bits per heavy atom. The Morgan fingerprint density at radius 2 is 1.13 bits per heavy atom. The molecule has 0 aromatic carbocycles. The smallest absolute Gasteiger partial charge is 0.421 e. The van der Waals surface area contributed by atoms with Gasteiger partial charge < -0.3 is 28.1 Å². The van der Waals surface area contributed by atoms with Gasteiger partial charge in [0, 0.05) is 13.2 Å². The van der Waals surface area contributed by atoms with Crippen molar-refractivity contribution in [3.8, 4) is 0 Å². The van der Waals surface area contributed by atoms with Crippen molar-refractivity contribution in [3.05, 3.63) is 4.13 Å². The van der Waals surface area contributed by atoms with Crippen LogP contribution in [-0.2, 0) is 54.3 Å². The van der Waals surface area contributed by atoms with Crippen LogP contribution in [0.3, 0.4) is 0 Å². The number of likely N-dealkylation sites (N-methyl/N-ethyl adjacent to an activating group) is 1. The lowest BCUT2D eigenvalue weighted by atomic mass is 9.81. The van der Waals surface area contributed by atoms with E-state index < -0.39 is 66.3 Å². The Morgan fingerprint density at radius 1 is 0.698 bits per heavy atom. The molecule has 2 aliphatic heterocycles. The first kappa shape index (κ1) is 51.7. The lowest BCUT2D eigenvalue weighted by Gasteiger charge is -2.40. The summed E-state index contributed by atoms with van der Waals surface area (Å²) in [7, 11) is -26.6. The molecule has 0 amide bonds. The maximum absolute atomic E-state index is 11.5. The normalized spacial score (nSPS) is 20.6. The molecule has 2 N–H and O–H groups in total. The zero-order chi connectivity index (χ0) is 41.8. The first-order valence-electron chi connectivity index (χ1n) is 14.7. The van der Waals surface area contributed by atoms with Gasteiger partial charge in [-0.05, 0) is 38.1 Å². The third kappa shape index (κ3) is 16.7. The SMILES string of the molecule is CCC1(CCOCCOCC[N+]2(CC)CCOCC2)CCNC1.O=S(=O)(NS(=O)(=O)C(F)(F)F)C(F)(F)F.O=S(=O)([N-]S(=O)(=O)C(F)(F)F)C(F)(F)F. The van der Waals surface area contributed by atoms with Crippen LogP contribution in [0.2, 0.25) is 0 Å². The number of hydrogen-bond donors (Lipinski definition) is 2. The Kier molecular flexibility index (Phi) is 19.2. The number of nitrogens with one attached hydrogen (secondary N) is 2. The maximum Gasteiger partial charge on any atom is 0.512 e. The van der Waals surface area contributed by atoms with Crippen LogP contribution in [0.4, 0.5) is 52.7 Å². The molecule has 0 aromatic heterocycles. The van der Waals surface area contributed by atoms with Crippen LogP contribution in [0.1, 0.15) is 33.1 Å². The van der Waals surface area contributed by atoms with E-state index in [4.69, 9.17) is 14.2 Å². The molecule has 0 radical (unpaired) electrons. The number of nitrogens with zero attached hydrogens (tertiary/aromatic N) is 2. The summed E-state index contributed by atoms with van der Waals surface area (Å²) in [6.07, 6.45) is 3.72. The first-order valence-corrected chi connectivity index (χ1v) is 20.6. The summed E-state index contributed by atoms with van der Waals surface area (Å²) in [4.78, 5) is 0. The molecular weight excluding hydrogens is 853 g/mol. The fraction of sp³-hybridized carbons (Fsp3) is 1.00. The Labute approximate surface area is 297 Å². The van der Waals surface area contributed by atoms with E-state index in [0.29, 0.717) is 5.41 Å². The van der Waals surface area contributed by atoms with E-state index in [1.807, 2.05) is 0 Å². The number of alkyl halides is 12. The van der Waals surface area contributed by atoms with Crippen LogP contribution in [0, 0.1) is 5.41 Å². The van der Waals surface area contributed by atoms with Gasteiger partial charge in [0.25, 0.3) is 0 Å². The average Bonchev–Trinajstić information content (AvgIpc) is 3.46. The predicted octanol–water partition coefficient (Wildman–Crippen LogP) is 3.00. The first-order chi connectivity index (χ1) is 23.7. The summed E-state index contributed by atoms with van der Waals surface area (Å²) in [5.41, 5.74) is -24.2. The highest BCUT2D eigenvalue weighted by molar-refractivity contribution is 8.13. The van der Waals surface area contributed by atoms with Gasteiger partial charge in [-0.3, -0.25) is 0 Å². The van der Waals surface area contributed by atoms with Crippen molar-refractivity contribution in [3.63, 3.8) is 0 Å². The van der Waals surface area contributed by atoms with Gasteiger partial charge in [0.2, 0.25) is 0 Å². The molecule has 1 unspecified atom stereocenters. The van der Waals surface area contributed by atoms with Gasteiger partial charge in [-0.25, -0.2) is 33.7 Å². The van der Waals surface area contributed by atoms with Crippen LogP contribution >= 0.6 is 0 Å². The molecule has 0 saturated carbocycles. The monoisotopic (exact) mass is 890 g/mol. The molecule has 53 heavy (non-hydrogen) atoms. The van der Waals surface area contributed by atoms with E-state index in [1.165, 1.54) is 32.4 Å². The predicted molar refractivity (Wildman–Crippen MR) is 159 cm³/mol. The number of sulfonamides is 4. The molecule has 2 saturated heterocycles. The second kappa shape index (κ2) is 19.7. The Hall–Kier alpha value is -1.32. The number of quaternary nitrogens is 1. The third-order valence-corrected chi connectivity index (χ3v) is 13.4. The molecule has 0 bridgehead atoms. The van der Waals surface area contributed by atoms with Crippen molar-refractivity contribution in [2.24, 2.45) is 5.41 Å². The summed E-state index contributed by atoms with van der Waals surface area (Å²) in [6, 6.07) is 0. The Balaban J connectivity index is 0.000000799. The molecule has 0 spiro atoms. The molecule has 0 aliphatic carbocycles. The standard InChI is InChI=1S/C18H37N2O3.C2HF6NO4S2.C2F6NO4S2/c1-3-18(5-7-19-17-18)6-11-21-15-16-23-14-10-20(4-2)8-12-22-13-9-20;2*3-1(4,5)14(10,11)9-15(12,13)2(6,7)8/h19H,3-17H2,1-2H3;9H;/q+1;;-1. The largest absolute Gasteiger partial charge is 0.512 e. The van der Waals surface area contributed by atoms with Crippen LogP contribution in [0.15, 0.2) is 0 Å². The van der Waals surface area contributed by atoms with Crippen molar-refractivity contribution in [1.82, 2.24) is 9.44 Å². The third-order valence-electron chi connectivity index (χ3n) is 7.64. The van der Waals surface area contributed by atoms with Gasteiger partial charge in [-0.15, -0.1) is 0 Å². The van der Waals surface area contributed by atoms with Gasteiger partial charge in [0.15, 0.2) is 20.0 Å². The molecule has 2 rings (SSSR count). The minimum Gasteiger partial charge on any atom is -0.421 e. The number of halogens is 12. The molecule has 320 valence electrons. The minimum absolute atomic E-state index is 0.481. The van der Waals surface area contributed by atoms with Crippen LogP contribution in [0.25, 0.3) is 4.13 Å². The summed E-state index contributed by atoms with van der Waals surface area (Å²) < 4.78 is 236. The van der Waals surface area contributed by atoms with Crippen LogP contribution < -0.4 is 9.44 Å². The minimum atomic E-state index is -6.72. The number of rotatable bonds is 15. The van der Waals surface area contributed by atoms with Crippen LogP contribution in [-0.4, -0.2) is 139 Å². The average molecular weight is 891 g/mol. The zero-order valence-corrected chi connectivity index (χ0v) is 30.9. The Bertz CT molecular complexity index is 1390. The summed E-state index contributed by atoms with van der Waals surface area (Å²) in [5, 5.41) is 3.48. The molecule has 2 heterocycles. The second-order valence-corrected chi connectivity index (χ2v) is 18.1. The van der Waals surface area contributed by atoms with Gasteiger partial charge in [-0.2, -0.15) is 52.7 Å². The van der Waals surface area contributed by atoms with Crippen molar-refractivity contribution in [1.29, 1.82) is 0 Å². The van der Waals surface area contributed by atoms with E-state index in [9.17, 15) is 86.4 Å². The second-order valence-electron chi connectivity index (χ2n) is 11.1. The highest BCUT2D eigenvalue weighted by atomic mass is 32.3. The lowest BCUT2D eigenvalue weighted by molar-refractivity contribution is -0.933. The van der Waals surface area contributed by atoms with Gasteiger partial charge in [0.1, 0.15) is 19.6 Å². The molecule has 1 atom stereocenters. The zero-order valence-electron chi connectivity index (χ0n) is 27.7. The maximum atomic E-state index is 11.5. The van der Waals surface area contributed by atoms with E-state index in [2.05, 4.69) is 19.2 Å². The quantitative estimate of drug-likeness (QED) is 0.139. The van der Waals surface area contributed by atoms with Gasteiger partial charge >= 0.3 is 42.1 Å². The van der Waals surface area contributed by atoms with E-state index in [-0.39, 0.29) is 0 Å². The molecule has 31 heteroatoms. The summed E-state index contributed by atoms with van der Waals surface area (Å²) in [5.74, 6) is 0. The fourth-order valence-electron chi connectivity index (χ4n) is 4.24. The van der Waals surface area contributed by atoms with Crippen molar-refractivity contribution >= 4 is 40.1 Å². The molecule has 0 aromatic rings. The van der Waals surface area contributed by atoms with E-state index in [1.54, 1.807) is 0 Å². The fourth-order valence-corrected chi connectivity index (χ4v) is 7.86. The van der Waals surface area contributed by atoms with E-state index >= 15 is 0 Å². The highest BCUT2D eigenvalue weighted by Gasteiger charge is 2.55. The number of morpholine rings is 1. The highest BCUT2D eigenvalue weighted by Crippen LogP contribution is 2.36. The molecular formula is C22H38F12N4O11S4. The molecule has 2 aliphatic rings. The van der Waals surface area contributed by atoms with Crippen molar-refractivity contribution < 1.29 is 105 Å². The van der Waals surface area contributed by atoms with E-state index in [0.717, 1.165) is 74.4 Å². The van der Waals surface area contributed by atoms with Crippen LogP contribution in [0.5, 0.6) is 0 Å². The molecule has 15 nitrogen and oxygen atoms in total. The number of hydrogen-bond acceptors (Lipinski definition) is 12. The summed E-state index contributed by atoms with van der Waals surface area (Å²) in [6.45, 7) is 16.4. The lowest BCUT2D eigenvalue weighted by Crippen LogP contribution is -2.56. The van der Waals surface area contributed by atoms with Gasteiger partial charge in [-0.1, -0.05) is 11.1 Å². The topological polar surface area (TPSA) is 202 Å². The van der Waals surface area contributed by atoms with Crippen molar-refractivity contribution in [2.45, 2.75) is 55.1 Å². The number of ether oxygens (including phenoxy) is 3. The van der Waals surface area contributed by atoms with Gasteiger partial charge in [0.05, 0.1) is 39.6 Å². The van der Waals surface area contributed by atoms with Crippen molar-refractivity contribution in [2.75, 3.05) is 78.9 Å². The molecule has 2 fully saturated rings. The summed E-state index contributed by atoms with van der Waals surface area (Å²) >= 11 is 0.